The first kappa shape index (κ1) is 16.6. The van der Waals surface area contributed by atoms with Crippen LogP contribution in [0.2, 0.25) is 0 Å². The molecule has 130 valence electrons. The molecule has 4 rings (SSSR count). The molecule has 0 unspecified atom stereocenters. The van der Waals surface area contributed by atoms with Crippen molar-refractivity contribution < 1.29 is 0 Å². The molecule has 0 bridgehead atoms. The minimum Gasteiger partial charge on any atom is -0.383 e. The van der Waals surface area contributed by atoms with Crippen LogP contribution in [0.5, 0.6) is 0 Å². The second kappa shape index (κ2) is 7.58. The van der Waals surface area contributed by atoms with Crippen LogP contribution in [0.3, 0.4) is 0 Å². The van der Waals surface area contributed by atoms with Crippen LogP contribution >= 0.6 is 11.3 Å². The Balaban J connectivity index is 1.45. The van der Waals surface area contributed by atoms with Gasteiger partial charge >= 0.3 is 0 Å². The normalized spacial score (nSPS) is 15.0. The number of amidine groups is 1. The second-order valence-electron chi connectivity index (χ2n) is 6.28. The molecule has 1 aliphatic heterocycles. The monoisotopic (exact) mass is 359 g/mol. The van der Waals surface area contributed by atoms with Crippen molar-refractivity contribution in [3.8, 4) is 0 Å². The van der Waals surface area contributed by atoms with Gasteiger partial charge in [-0.2, -0.15) is 0 Å². The van der Waals surface area contributed by atoms with E-state index in [4.69, 9.17) is 5.73 Å². The molecule has 1 aliphatic rings. The highest BCUT2D eigenvalue weighted by Crippen LogP contribution is 2.27. The molecule has 0 saturated carbocycles. The third kappa shape index (κ3) is 3.70. The van der Waals surface area contributed by atoms with Gasteiger partial charge in [0.25, 0.3) is 0 Å². The zero-order chi connectivity index (χ0) is 17.8. The minimum atomic E-state index is 0.571. The van der Waals surface area contributed by atoms with Crippen LogP contribution in [0.4, 0.5) is 11.4 Å². The first-order valence-corrected chi connectivity index (χ1v) is 9.65. The summed E-state index contributed by atoms with van der Waals surface area (Å²) in [6.07, 6.45) is 3.40. The second-order valence-corrected chi connectivity index (χ2v) is 7.23. The number of thiophene rings is 1. The zero-order valence-corrected chi connectivity index (χ0v) is 15.3. The number of aliphatic imine (C=N–C) groups is 1. The molecule has 3 aromatic rings. The lowest BCUT2D eigenvalue weighted by molar-refractivity contribution is 0.833. The highest BCUT2D eigenvalue weighted by atomic mass is 32.1. The molecule has 4 heteroatoms. The lowest BCUT2D eigenvalue weighted by Crippen LogP contribution is -2.28. The summed E-state index contributed by atoms with van der Waals surface area (Å²) in [6, 6.07) is 22.9. The van der Waals surface area contributed by atoms with E-state index in [0.29, 0.717) is 5.84 Å². The van der Waals surface area contributed by atoms with Crippen molar-refractivity contribution in [2.45, 2.75) is 6.42 Å². The molecule has 26 heavy (non-hydrogen) atoms. The summed E-state index contributed by atoms with van der Waals surface area (Å²) < 4.78 is 0. The maximum absolute atomic E-state index is 6.07. The Morgan fingerprint density at radius 3 is 2.42 bits per heavy atom. The quantitative estimate of drug-likeness (QED) is 0.521. The van der Waals surface area contributed by atoms with Gasteiger partial charge in [-0.25, -0.2) is 4.99 Å². The number of hydrogen-bond donors (Lipinski definition) is 1. The van der Waals surface area contributed by atoms with E-state index in [-0.39, 0.29) is 0 Å². The Morgan fingerprint density at radius 2 is 1.77 bits per heavy atom. The van der Waals surface area contributed by atoms with E-state index in [0.717, 1.165) is 30.1 Å². The molecular weight excluding hydrogens is 338 g/mol. The fourth-order valence-electron chi connectivity index (χ4n) is 3.17. The topological polar surface area (TPSA) is 41.6 Å². The molecule has 0 aliphatic carbocycles. The molecule has 2 aromatic carbocycles. The number of hydrogen-bond acceptors (Lipinski definition) is 3. The summed E-state index contributed by atoms with van der Waals surface area (Å²) in [4.78, 5) is 7.91. The van der Waals surface area contributed by atoms with Gasteiger partial charge in [0, 0.05) is 18.8 Å². The van der Waals surface area contributed by atoms with Gasteiger partial charge in [0.2, 0.25) is 0 Å². The summed E-state index contributed by atoms with van der Waals surface area (Å²) in [5.41, 5.74) is 10.9. The summed E-state index contributed by atoms with van der Waals surface area (Å²) in [5.74, 6) is 0.571. The standard InChI is InChI=1S/C22H21N3S/c23-22(21-7-4-16-26-21)24-19-8-10-20(11-9-19)25-14-12-18(13-15-25)17-5-2-1-3-6-17/h1-12,16H,13-15H2,(H2,23,24). The van der Waals surface area contributed by atoms with Gasteiger partial charge in [0.05, 0.1) is 10.6 Å². The molecule has 0 atom stereocenters. The third-order valence-corrected chi connectivity index (χ3v) is 5.48. The third-order valence-electron chi connectivity index (χ3n) is 4.59. The van der Waals surface area contributed by atoms with Gasteiger partial charge in [-0.05, 0) is 53.3 Å². The van der Waals surface area contributed by atoms with Gasteiger partial charge in [-0.1, -0.05) is 42.5 Å². The molecule has 2 heterocycles. The molecule has 0 fully saturated rings. The van der Waals surface area contributed by atoms with Gasteiger partial charge < -0.3 is 10.6 Å². The van der Waals surface area contributed by atoms with Crippen molar-refractivity contribution in [1.29, 1.82) is 0 Å². The fraction of sp³-hybridized carbons (Fsp3) is 0.136. The summed E-state index contributed by atoms with van der Waals surface area (Å²) in [6.45, 7) is 1.96. The number of rotatable bonds is 4. The Morgan fingerprint density at radius 1 is 0.962 bits per heavy atom. The van der Waals surface area contributed by atoms with E-state index < -0.39 is 0 Å². The Labute approximate surface area is 158 Å². The van der Waals surface area contributed by atoms with Crippen molar-refractivity contribution in [2.24, 2.45) is 10.7 Å². The largest absolute Gasteiger partial charge is 0.383 e. The number of benzene rings is 2. The highest BCUT2D eigenvalue weighted by Gasteiger charge is 2.13. The SMILES string of the molecule is NC(=Nc1ccc(N2CC=C(c3ccccc3)CC2)cc1)c1cccs1. The van der Waals surface area contributed by atoms with Crippen LogP contribution < -0.4 is 10.6 Å². The maximum Gasteiger partial charge on any atom is 0.141 e. The first-order valence-electron chi connectivity index (χ1n) is 8.77. The van der Waals surface area contributed by atoms with Gasteiger partial charge in [-0.15, -0.1) is 11.3 Å². The molecular formula is C22H21N3S. The van der Waals surface area contributed by atoms with Crippen molar-refractivity contribution in [2.75, 3.05) is 18.0 Å². The van der Waals surface area contributed by atoms with Gasteiger partial charge in [0.15, 0.2) is 0 Å². The summed E-state index contributed by atoms with van der Waals surface area (Å²) >= 11 is 1.60. The molecule has 0 radical (unpaired) electrons. The number of anilines is 1. The molecule has 2 N–H and O–H groups in total. The minimum absolute atomic E-state index is 0.571. The van der Waals surface area contributed by atoms with Gasteiger partial charge in [-0.3, -0.25) is 0 Å². The average Bonchev–Trinajstić information content (AvgIpc) is 3.25. The van der Waals surface area contributed by atoms with Crippen LogP contribution in [-0.4, -0.2) is 18.9 Å². The molecule has 1 aromatic heterocycles. The van der Waals surface area contributed by atoms with E-state index >= 15 is 0 Å². The number of nitrogens with two attached hydrogens (primary N) is 1. The highest BCUT2D eigenvalue weighted by molar-refractivity contribution is 7.12. The van der Waals surface area contributed by atoms with Crippen molar-refractivity contribution in [3.63, 3.8) is 0 Å². The first-order chi connectivity index (χ1) is 12.8. The lowest BCUT2D eigenvalue weighted by atomic mass is 9.99. The van der Waals surface area contributed by atoms with E-state index in [9.17, 15) is 0 Å². The van der Waals surface area contributed by atoms with Crippen LogP contribution in [-0.2, 0) is 0 Å². The van der Waals surface area contributed by atoms with Crippen molar-refractivity contribution >= 4 is 34.1 Å². The molecule has 0 spiro atoms. The van der Waals surface area contributed by atoms with Gasteiger partial charge in [0.1, 0.15) is 5.84 Å². The average molecular weight is 359 g/mol. The lowest BCUT2D eigenvalue weighted by Gasteiger charge is -2.28. The smallest absolute Gasteiger partial charge is 0.141 e. The predicted octanol–water partition coefficient (Wildman–Crippen LogP) is 5.08. The van der Waals surface area contributed by atoms with Crippen LogP contribution in [0, 0.1) is 0 Å². The Kier molecular flexibility index (Phi) is 4.84. The number of nitrogens with zero attached hydrogens (tertiary/aromatic N) is 2. The van der Waals surface area contributed by atoms with E-state index in [2.05, 4.69) is 58.4 Å². The Bertz CT molecular complexity index is 910. The van der Waals surface area contributed by atoms with E-state index in [1.54, 1.807) is 11.3 Å². The van der Waals surface area contributed by atoms with Crippen LogP contribution in [0.15, 0.2) is 83.2 Å². The molecule has 0 saturated heterocycles. The zero-order valence-electron chi connectivity index (χ0n) is 14.5. The van der Waals surface area contributed by atoms with Crippen LogP contribution in [0.1, 0.15) is 16.9 Å². The molecule has 0 amide bonds. The molecule has 3 nitrogen and oxygen atoms in total. The van der Waals surface area contributed by atoms with Crippen molar-refractivity contribution in [1.82, 2.24) is 0 Å². The van der Waals surface area contributed by atoms with E-state index in [1.807, 2.05) is 29.6 Å². The van der Waals surface area contributed by atoms with Crippen molar-refractivity contribution in [3.05, 3.63) is 88.6 Å². The maximum atomic E-state index is 6.07. The predicted molar refractivity (Wildman–Crippen MR) is 112 cm³/mol. The summed E-state index contributed by atoms with van der Waals surface area (Å²) in [7, 11) is 0. The Hall–Kier alpha value is -2.85. The van der Waals surface area contributed by atoms with E-state index in [1.165, 1.54) is 16.8 Å². The fourth-order valence-corrected chi connectivity index (χ4v) is 3.80. The van der Waals surface area contributed by atoms with Crippen LogP contribution in [0.25, 0.3) is 5.57 Å². The summed E-state index contributed by atoms with van der Waals surface area (Å²) in [5, 5.41) is 2.01.